The van der Waals surface area contributed by atoms with Gasteiger partial charge in [0, 0.05) is 83.4 Å². The number of carbonyl (C=O) groups excluding carboxylic acids is 1. The van der Waals surface area contributed by atoms with E-state index in [1.165, 1.54) is 30.5 Å². The van der Waals surface area contributed by atoms with Crippen molar-refractivity contribution >= 4 is 51.9 Å². The third-order valence-electron chi connectivity index (χ3n) is 5.28. The number of alkyl halides is 3. The van der Waals surface area contributed by atoms with Gasteiger partial charge in [-0.1, -0.05) is 0 Å². The molecule has 12 heteroatoms. The number of halogens is 4. The number of benzene rings is 1. The van der Waals surface area contributed by atoms with Gasteiger partial charge in [0.15, 0.2) is 0 Å². The van der Waals surface area contributed by atoms with Crippen molar-refractivity contribution in [2.24, 2.45) is 0 Å². The van der Waals surface area contributed by atoms with Crippen LogP contribution in [0.1, 0.15) is 16.8 Å². The number of carbonyl (C=O) groups is 1. The molecule has 4 rings (SSSR count). The van der Waals surface area contributed by atoms with Crippen LogP contribution in [0.2, 0.25) is 0 Å². The lowest BCUT2D eigenvalue weighted by Gasteiger charge is -2.22. The highest BCUT2D eigenvalue weighted by Crippen LogP contribution is 2.32. The highest BCUT2D eigenvalue weighted by Gasteiger charge is 2.29. The largest absolute Gasteiger partial charge is 0.487 e. The van der Waals surface area contributed by atoms with Crippen LogP contribution < -0.4 is 15.0 Å². The fraction of sp³-hybridized carbons (Fsp3) is 0.273. The quantitative estimate of drug-likeness (QED) is 0.237. The van der Waals surface area contributed by atoms with Gasteiger partial charge in [0.2, 0.25) is 0 Å². The van der Waals surface area contributed by atoms with E-state index in [-0.39, 0.29) is 5.75 Å². The molecule has 1 atom stereocenters. The van der Waals surface area contributed by atoms with Crippen LogP contribution in [-0.2, 0) is 0 Å². The second-order valence-electron chi connectivity index (χ2n) is 7.63. The fourth-order valence-corrected chi connectivity index (χ4v) is 4.17. The van der Waals surface area contributed by atoms with Gasteiger partial charge in [0.25, 0.3) is 5.91 Å². The van der Waals surface area contributed by atoms with Crippen LogP contribution in [0.3, 0.4) is 0 Å². The van der Waals surface area contributed by atoms with E-state index < -0.39 is 11.5 Å². The third-order valence-corrected chi connectivity index (χ3v) is 6.14. The van der Waals surface area contributed by atoms with Crippen LogP contribution in [0.25, 0.3) is 11.3 Å². The summed E-state index contributed by atoms with van der Waals surface area (Å²) in [5, 5.41) is 2.73. The zero-order chi connectivity index (χ0) is 24.3. The molecule has 1 fully saturated rings. The predicted octanol–water partition coefficient (Wildman–Crippen LogP) is 4.82. The van der Waals surface area contributed by atoms with Crippen molar-refractivity contribution in [2.75, 3.05) is 30.4 Å². The molecule has 178 valence electrons. The summed E-state index contributed by atoms with van der Waals surface area (Å²) in [5.41, 5.74) is -1.79. The molecule has 1 aromatic carbocycles. The molecule has 0 unspecified atom stereocenters. The molecule has 1 amide bonds. The summed E-state index contributed by atoms with van der Waals surface area (Å²) >= 11 is 7.06. The van der Waals surface area contributed by atoms with E-state index in [0.29, 0.717) is 28.6 Å². The Labute approximate surface area is 213 Å². The number of nitrogens with one attached hydrogen (secondary N) is 1. The van der Waals surface area contributed by atoms with Gasteiger partial charge < -0.3 is 15.0 Å². The Kier molecular flexibility index (Phi) is 7.43. The molecule has 8 nitrogen and oxygen atoms in total. The number of nitrogens with zero attached hydrogens (tertiary/aromatic N) is 5. The van der Waals surface area contributed by atoms with E-state index in [2.05, 4.69) is 55.9 Å². The number of hydrogen-bond acceptors (Lipinski definition) is 7. The second-order valence-corrected chi connectivity index (χ2v) is 9.59. The number of aromatic nitrogens is 3. The lowest BCUT2D eigenvalue weighted by Crippen LogP contribution is -2.29. The van der Waals surface area contributed by atoms with Gasteiger partial charge in [0.05, 0.1) is 17.5 Å². The Hall–Kier alpha value is -2.64. The maximum atomic E-state index is 12.9. The van der Waals surface area contributed by atoms with E-state index in [9.17, 15) is 13.6 Å². The van der Waals surface area contributed by atoms with Crippen LogP contribution in [0, 0.1) is 0 Å². The fourth-order valence-electron chi connectivity index (χ4n) is 3.63. The Balaban J connectivity index is 1.57. The van der Waals surface area contributed by atoms with Crippen LogP contribution in [-0.4, -0.2) is 55.7 Å². The number of anilines is 2. The van der Waals surface area contributed by atoms with Crippen LogP contribution in [0.5, 0.6) is 5.75 Å². The highest BCUT2D eigenvalue weighted by molar-refractivity contribution is 14.1. The molecule has 1 N–H and O–H groups in total. The first-order valence-electron chi connectivity index (χ1n) is 10.3. The van der Waals surface area contributed by atoms with Crippen molar-refractivity contribution in [1.29, 1.82) is 0 Å². The molecule has 3 aromatic rings. The van der Waals surface area contributed by atoms with Gasteiger partial charge in [0.1, 0.15) is 11.6 Å². The first-order valence-corrected chi connectivity index (χ1v) is 11.6. The molecule has 0 bridgehead atoms. The molecule has 3 heterocycles. The maximum absolute atomic E-state index is 12.9. The minimum absolute atomic E-state index is 0.130. The molecule has 0 aliphatic carbocycles. The number of hydrogen-bond donors (Lipinski definition) is 1. The average Bonchev–Trinajstić information content (AvgIpc) is 3.30. The molecule has 0 spiro atoms. The van der Waals surface area contributed by atoms with E-state index in [1.54, 1.807) is 24.7 Å². The highest BCUT2D eigenvalue weighted by atomic mass is 127. The molecule has 2 aromatic heterocycles. The lowest BCUT2D eigenvalue weighted by atomic mass is 10.1. The van der Waals surface area contributed by atoms with Crippen LogP contribution >= 0.6 is 34.5 Å². The first-order chi connectivity index (χ1) is 16.2. The Morgan fingerprint density at radius 1 is 1.26 bits per heavy atom. The van der Waals surface area contributed by atoms with E-state index in [1.807, 2.05) is 7.05 Å². The van der Waals surface area contributed by atoms with E-state index >= 15 is 0 Å². The molecule has 0 saturated carbocycles. The van der Waals surface area contributed by atoms with E-state index in [4.69, 9.17) is 11.6 Å². The SMILES string of the molecule is CN(I)[C@@H]1CCN(c2ncc(C(=O)Nc3ccc(OC(F)(F)Cl)cc3)cc2-c2cnccn2)C1. The summed E-state index contributed by atoms with van der Waals surface area (Å²) in [6.07, 6.45) is 7.31. The first kappa shape index (κ1) is 24.5. The molecule has 1 saturated heterocycles. The number of rotatable bonds is 7. The van der Waals surface area contributed by atoms with Crippen molar-refractivity contribution in [2.45, 2.75) is 18.0 Å². The van der Waals surface area contributed by atoms with Gasteiger partial charge in [-0.15, -0.1) is 8.78 Å². The standard InChI is InChI=1S/C22H20ClF2IN6O2/c1-31(26)16-6-9-32(13-16)20-18(19-12-27-7-8-28-19)10-14(11-29-20)21(33)30-15-2-4-17(5-3-15)34-22(23,24)25/h2-5,7-8,10-12,16H,6,9,13H2,1H3,(H,30,33)/t16-/m1/s1. The van der Waals surface area contributed by atoms with Crippen molar-refractivity contribution in [3.63, 3.8) is 0 Å². The number of likely N-dealkylation sites (N-methyl/N-ethyl adjacent to an activating group) is 1. The maximum Gasteiger partial charge on any atom is 0.487 e. The normalized spacial score (nSPS) is 16.1. The van der Waals surface area contributed by atoms with Crippen molar-refractivity contribution < 1.29 is 18.3 Å². The van der Waals surface area contributed by atoms with Gasteiger partial charge in [-0.2, -0.15) is 0 Å². The summed E-state index contributed by atoms with van der Waals surface area (Å²) in [5.74, 6) is 0.197. The minimum Gasteiger partial charge on any atom is -0.420 e. The van der Waals surface area contributed by atoms with Crippen LogP contribution in [0.4, 0.5) is 20.3 Å². The summed E-state index contributed by atoms with van der Waals surface area (Å²) in [6.45, 7) is 1.64. The van der Waals surface area contributed by atoms with Gasteiger partial charge in [-0.3, -0.25) is 14.8 Å². The molecule has 1 aliphatic rings. The van der Waals surface area contributed by atoms with Crippen molar-refractivity contribution in [3.8, 4) is 17.0 Å². The minimum atomic E-state index is -3.81. The van der Waals surface area contributed by atoms with Gasteiger partial charge in [-0.05, 0) is 43.8 Å². The molecular formula is C22H20ClF2IN6O2. The number of ether oxygens (including phenoxy) is 1. The average molecular weight is 601 g/mol. The molecular weight excluding hydrogens is 581 g/mol. The predicted molar refractivity (Wildman–Crippen MR) is 133 cm³/mol. The molecule has 0 radical (unpaired) electrons. The Morgan fingerprint density at radius 3 is 2.65 bits per heavy atom. The molecule has 1 aliphatic heterocycles. The third kappa shape index (κ3) is 6.07. The zero-order valence-corrected chi connectivity index (χ0v) is 20.9. The van der Waals surface area contributed by atoms with Gasteiger partial charge in [-0.25, -0.2) is 8.10 Å². The second kappa shape index (κ2) is 10.3. The summed E-state index contributed by atoms with van der Waals surface area (Å²) in [4.78, 5) is 28.2. The van der Waals surface area contributed by atoms with E-state index in [0.717, 1.165) is 25.3 Å². The van der Waals surface area contributed by atoms with Crippen molar-refractivity contribution in [1.82, 2.24) is 18.1 Å². The number of pyridine rings is 1. The lowest BCUT2D eigenvalue weighted by molar-refractivity contribution is -0.0964. The summed E-state index contributed by atoms with van der Waals surface area (Å²) in [7, 11) is 2.04. The summed E-state index contributed by atoms with van der Waals surface area (Å²) < 4.78 is 32.0. The van der Waals surface area contributed by atoms with Gasteiger partial charge >= 0.3 is 5.57 Å². The zero-order valence-electron chi connectivity index (χ0n) is 18.0. The monoisotopic (exact) mass is 600 g/mol. The van der Waals surface area contributed by atoms with Crippen LogP contribution in [0.15, 0.2) is 55.1 Å². The Morgan fingerprint density at radius 2 is 2.03 bits per heavy atom. The smallest absolute Gasteiger partial charge is 0.420 e. The molecule has 34 heavy (non-hydrogen) atoms. The topological polar surface area (TPSA) is 83.5 Å². The Bertz CT molecular complexity index is 1150. The van der Waals surface area contributed by atoms with Crippen molar-refractivity contribution in [3.05, 3.63) is 60.7 Å². The summed E-state index contributed by atoms with van der Waals surface area (Å²) in [6, 6.07) is 7.57. The number of amides is 1.